The Morgan fingerprint density at radius 1 is 1.57 bits per heavy atom. The summed E-state index contributed by atoms with van der Waals surface area (Å²) in [5.74, 6) is -0.865. The lowest BCUT2D eigenvalue weighted by Gasteiger charge is -2.08. The van der Waals surface area contributed by atoms with E-state index in [1.807, 2.05) is 20.8 Å². The van der Waals surface area contributed by atoms with E-state index in [2.05, 4.69) is 10.3 Å². The molecule has 1 N–H and O–H groups in total. The molecule has 14 heavy (non-hydrogen) atoms. The number of nitrogens with zero attached hydrogens (tertiary/aromatic N) is 3. The average molecular weight is 197 g/mol. The third kappa shape index (κ3) is 2.10. The Kier molecular flexibility index (Phi) is 3.22. The predicted octanol–water partition coefficient (Wildman–Crippen LogP) is 1.05. The molecule has 0 aromatic carbocycles. The second-order valence-corrected chi connectivity index (χ2v) is 3.45. The van der Waals surface area contributed by atoms with E-state index < -0.39 is 5.97 Å². The van der Waals surface area contributed by atoms with Gasteiger partial charge < -0.3 is 5.11 Å². The van der Waals surface area contributed by atoms with Gasteiger partial charge >= 0.3 is 5.97 Å². The summed E-state index contributed by atoms with van der Waals surface area (Å²) in [7, 11) is 0. The SMILES string of the molecule is CCc1c(CC(=O)O)nnn1C(C)C. The van der Waals surface area contributed by atoms with Crippen LogP contribution in [0.2, 0.25) is 0 Å². The second kappa shape index (κ2) is 4.21. The smallest absolute Gasteiger partial charge is 0.309 e. The molecule has 0 radical (unpaired) electrons. The minimum atomic E-state index is -0.865. The van der Waals surface area contributed by atoms with Crippen molar-refractivity contribution in [2.45, 2.75) is 39.7 Å². The molecule has 78 valence electrons. The zero-order chi connectivity index (χ0) is 10.7. The van der Waals surface area contributed by atoms with Gasteiger partial charge in [0.05, 0.1) is 17.8 Å². The summed E-state index contributed by atoms with van der Waals surface area (Å²) >= 11 is 0. The van der Waals surface area contributed by atoms with Gasteiger partial charge in [-0.2, -0.15) is 0 Å². The maximum atomic E-state index is 10.5. The van der Waals surface area contributed by atoms with Crippen LogP contribution in [-0.2, 0) is 17.6 Å². The molecule has 0 saturated carbocycles. The van der Waals surface area contributed by atoms with E-state index in [0.29, 0.717) is 5.69 Å². The summed E-state index contributed by atoms with van der Waals surface area (Å²) in [6.07, 6.45) is 0.712. The van der Waals surface area contributed by atoms with E-state index in [9.17, 15) is 4.79 Å². The van der Waals surface area contributed by atoms with Gasteiger partial charge in [-0.05, 0) is 20.3 Å². The number of carboxylic acid groups (broad SMARTS) is 1. The molecule has 1 aromatic heterocycles. The first kappa shape index (κ1) is 10.7. The molecular weight excluding hydrogens is 182 g/mol. The lowest BCUT2D eigenvalue weighted by atomic mass is 10.2. The van der Waals surface area contributed by atoms with Crippen LogP contribution in [0.4, 0.5) is 0 Å². The third-order valence-corrected chi connectivity index (χ3v) is 2.01. The Morgan fingerprint density at radius 2 is 2.21 bits per heavy atom. The molecule has 0 aliphatic heterocycles. The number of rotatable bonds is 4. The highest BCUT2D eigenvalue weighted by Gasteiger charge is 2.15. The number of aliphatic carboxylic acids is 1. The van der Waals surface area contributed by atoms with Crippen molar-refractivity contribution in [3.63, 3.8) is 0 Å². The highest BCUT2D eigenvalue weighted by molar-refractivity contribution is 5.69. The standard InChI is InChI=1S/C9H15N3O2/c1-4-8-7(5-9(13)14)10-11-12(8)6(2)3/h6H,4-5H2,1-3H3,(H,13,14). The third-order valence-electron chi connectivity index (χ3n) is 2.01. The van der Waals surface area contributed by atoms with Gasteiger partial charge in [0.25, 0.3) is 0 Å². The van der Waals surface area contributed by atoms with Crippen LogP contribution in [0.1, 0.15) is 38.2 Å². The summed E-state index contributed by atoms with van der Waals surface area (Å²) in [6, 6.07) is 0.222. The zero-order valence-electron chi connectivity index (χ0n) is 8.69. The summed E-state index contributed by atoms with van der Waals surface area (Å²) in [6.45, 7) is 5.97. The molecule has 5 heteroatoms. The van der Waals surface area contributed by atoms with Crippen molar-refractivity contribution in [2.75, 3.05) is 0 Å². The van der Waals surface area contributed by atoms with E-state index in [0.717, 1.165) is 12.1 Å². The first-order valence-electron chi connectivity index (χ1n) is 4.71. The van der Waals surface area contributed by atoms with Crippen LogP contribution in [0.3, 0.4) is 0 Å². The highest BCUT2D eigenvalue weighted by atomic mass is 16.4. The Balaban J connectivity index is 3.01. The van der Waals surface area contributed by atoms with Gasteiger partial charge in [0, 0.05) is 6.04 Å². The number of carbonyl (C=O) groups is 1. The number of carboxylic acids is 1. The van der Waals surface area contributed by atoms with Gasteiger partial charge in [0.2, 0.25) is 0 Å². The van der Waals surface area contributed by atoms with Crippen molar-refractivity contribution < 1.29 is 9.90 Å². The van der Waals surface area contributed by atoms with E-state index in [1.54, 1.807) is 4.68 Å². The van der Waals surface area contributed by atoms with Crippen LogP contribution in [-0.4, -0.2) is 26.1 Å². The first-order chi connectivity index (χ1) is 6.56. The molecule has 1 aromatic rings. The van der Waals surface area contributed by atoms with Crippen molar-refractivity contribution in [1.82, 2.24) is 15.0 Å². The molecule has 1 rings (SSSR count). The molecule has 0 fully saturated rings. The summed E-state index contributed by atoms with van der Waals surface area (Å²) < 4.78 is 1.78. The van der Waals surface area contributed by atoms with E-state index >= 15 is 0 Å². The maximum absolute atomic E-state index is 10.5. The lowest BCUT2D eigenvalue weighted by Crippen LogP contribution is -2.09. The van der Waals surface area contributed by atoms with Crippen molar-refractivity contribution in [2.24, 2.45) is 0 Å². The normalized spacial score (nSPS) is 10.9. The van der Waals surface area contributed by atoms with Crippen molar-refractivity contribution in [1.29, 1.82) is 0 Å². The van der Waals surface area contributed by atoms with Crippen LogP contribution < -0.4 is 0 Å². The van der Waals surface area contributed by atoms with Crippen molar-refractivity contribution >= 4 is 5.97 Å². The molecule has 0 unspecified atom stereocenters. The topological polar surface area (TPSA) is 68.0 Å². The van der Waals surface area contributed by atoms with E-state index in [1.165, 1.54) is 0 Å². The first-order valence-corrected chi connectivity index (χ1v) is 4.71. The van der Waals surface area contributed by atoms with Crippen molar-refractivity contribution in [3.05, 3.63) is 11.4 Å². The highest BCUT2D eigenvalue weighted by Crippen LogP contribution is 2.12. The lowest BCUT2D eigenvalue weighted by molar-refractivity contribution is -0.136. The molecule has 0 aliphatic carbocycles. The molecule has 1 heterocycles. The van der Waals surface area contributed by atoms with Gasteiger partial charge in [0.1, 0.15) is 0 Å². The Bertz CT molecular complexity index is 331. The van der Waals surface area contributed by atoms with Crippen LogP contribution in [0.15, 0.2) is 0 Å². The number of hydrogen-bond donors (Lipinski definition) is 1. The van der Waals surface area contributed by atoms with Crippen molar-refractivity contribution in [3.8, 4) is 0 Å². The molecular formula is C9H15N3O2. The Labute approximate surface area is 82.7 Å². The van der Waals surface area contributed by atoms with Gasteiger partial charge in [-0.3, -0.25) is 4.79 Å². The van der Waals surface area contributed by atoms with Crippen LogP contribution >= 0.6 is 0 Å². The molecule has 0 amide bonds. The summed E-state index contributed by atoms with van der Waals surface area (Å²) in [4.78, 5) is 10.5. The van der Waals surface area contributed by atoms with Gasteiger partial charge in [-0.25, -0.2) is 4.68 Å². The Morgan fingerprint density at radius 3 is 2.64 bits per heavy atom. The molecule has 0 spiro atoms. The predicted molar refractivity (Wildman–Crippen MR) is 51.1 cm³/mol. The fraction of sp³-hybridized carbons (Fsp3) is 0.667. The molecule has 0 bridgehead atoms. The van der Waals surface area contributed by atoms with Crippen LogP contribution in [0.25, 0.3) is 0 Å². The quantitative estimate of drug-likeness (QED) is 0.783. The minimum Gasteiger partial charge on any atom is -0.481 e. The maximum Gasteiger partial charge on any atom is 0.309 e. The number of hydrogen-bond acceptors (Lipinski definition) is 3. The fourth-order valence-corrected chi connectivity index (χ4v) is 1.41. The average Bonchev–Trinajstić information content (AvgIpc) is 2.46. The zero-order valence-corrected chi connectivity index (χ0v) is 8.69. The van der Waals surface area contributed by atoms with Gasteiger partial charge in [-0.1, -0.05) is 12.1 Å². The minimum absolute atomic E-state index is 0.0457. The van der Waals surface area contributed by atoms with E-state index in [-0.39, 0.29) is 12.5 Å². The molecule has 5 nitrogen and oxygen atoms in total. The second-order valence-electron chi connectivity index (χ2n) is 3.45. The van der Waals surface area contributed by atoms with Crippen LogP contribution in [0, 0.1) is 0 Å². The molecule has 0 atom stereocenters. The summed E-state index contributed by atoms with van der Waals surface area (Å²) in [5.41, 5.74) is 1.50. The number of aromatic nitrogens is 3. The molecule has 0 saturated heterocycles. The fourth-order valence-electron chi connectivity index (χ4n) is 1.41. The van der Waals surface area contributed by atoms with Gasteiger partial charge in [-0.15, -0.1) is 5.10 Å². The monoisotopic (exact) mass is 197 g/mol. The van der Waals surface area contributed by atoms with E-state index in [4.69, 9.17) is 5.11 Å². The summed E-state index contributed by atoms with van der Waals surface area (Å²) in [5, 5.41) is 16.5. The largest absolute Gasteiger partial charge is 0.481 e. The van der Waals surface area contributed by atoms with Gasteiger partial charge in [0.15, 0.2) is 0 Å². The van der Waals surface area contributed by atoms with Crippen LogP contribution in [0.5, 0.6) is 0 Å². The molecule has 0 aliphatic rings. The Hall–Kier alpha value is -1.39.